The standard InChI is InChI=1S/C14H16O5S/c1-2-14(18)20-8-7-13(17)19-11-5-3-10(4-6-11)9-12(15)16/h3-6H,2,7-9H2,1H3,(H,15,16). The fourth-order valence-electron chi connectivity index (χ4n) is 1.38. The number of carbonyl (C=O) groups is 3. The van der Waals surface area contributed by atoms with E-state index in [9.17, 15) is 14.4 Å². The lowest BCUT2D eigenvalue weighted by molar-refractivity contribution is -0.136. The van der Waals surface area contributed by atoms with E-state index in [1.807, 2.05) is 0 Å². The smallest absolute Gasteiger partial charge is 0.312 e. The Morgan fingerprint density at radius 1 is 1.20 bits per heavy atom. The first kappa shape index (κ1) is 16.2. The zero-order valence-electron chi connectivity index (χ0n) is 11.1. The maximum absolute atomic E-state index is 11.5. The lowest BCUT2D eigenvalue weighted by atomic mass is 10.1. The second-order valence-electron chi connectivity index (χ2n) is 4.01. The minimum Gasteiger partial charge on any atom is -0.481 e. The summed E-state index contributed by atoms with van der Waals surface area (Å²) >= 11 is 1.12. The topological polar surface area (TPSA) is 80.7 Å². The molecule has 0 aliphatic carbocycles. The third-order valence-corrected chi connectivity index (χ3v) is 3.39. The van der Waals surface area contributed by atoms with Crippen LogP contribution < -0.4 is 4.74 Å². The number of aliphatic carboxylic acids is 1. The van der Waals surface area contributed by atoms with Gasteiger partial charge in [-0.2, -0.15) is 0 Å². The van der Waals surface area contributed by atoms with Crippen molar-refractivity contribution in [1.82, 2.24) is 0 Å². The molecule has 0 aliphatic rings. The van der Waals surface area contributed by atoms with Gasteiger partial charge in [0.05, 0.1) is 12.8 Å². The molecule has 5 nitrogen and oxygen atoms in total. The van der Waals surface area contributed by atoms with Crippen molar-refractivity contribution in [3.05, 3.63) is 29.8 Å². The molecule has 0 atom stereocenters. The van der Waals surface area contributed by atoms with Gasteiger partial charge in [0, 0.05) is 12.2 Å². The predicted molar refractivity (Wildman–Crippen MR) is 75.8 cm³/mol. The van der Waals surface area contributed by atoms with Crippen molar-refractivity contribution in [2.75, 3.05) is 5.75 Å². The number of esters is 1. The van der Waals surface area contributed by atoms with Gasteiger partial charge in [-0.1, -0.05) is 30.8 Å². The molecule has 0 amide bonds. The molecule has 0 unspecified atom stereocenters. The molecule has 0 heterocycles. The summed E-state index contributed by atoms with van der Waals surface area (Å²) in [6.45, 7) is 1.77. The number of ether oxygens (including phenoxy) is 1. The molecule has 108 valence electrons. The Balaban J connectivity index is 2.38. The summed E-state index contributed by atoms with van der Waals surface area (Å²) in [7, 11) is 0. The van der Waals surface area contributed by atoms with Gasteiger partial charge in [0.25, 0.3) is 0 Å². The zero-order valence-corrected chi connectivity index (χ0v) is 11.9. The van der Waals surface area contributed by atoms with Crippen molar-refractivity contribution in [2.45, 2.75) is 26.2 Å². The summed E-state index contributed by atoms with van der Waals surface area (Å²) in [6.07, 6.45) is 0.544. The number of thioether (sulfide) groups is 1. The van der Waals surface area contributed by atoms with E-state index in [0.29, 0.717) is 23.5 Å². The average Bonchev–Trinajstić information content (AvgIpc) is 2.40. The second kappa shape index (κ2) is 8.37. The van der Waals surface area contributed by atoms with E-state index in [4.69, 9.17) is 9.84 Å². The highest BCUT2D eigenvalue weighted by molar-refractivity contribution is 8.13. The van der Waals surface area contributed by atoms with Crippen LogP contribution in [0.5, 0.6) is 5.75 Å². The van der Waals surface area contributed by atoms with Crippen LogP contribution in [0.25, 0.3) is 0 Å². The lowest BCUT2D eigenvalue weighted by Crippen LogP contribution is -2.09. The minimum absolute atomic E-state index is 0.0517. The van der Waals surface area contributed by atoms with Crippen molar-refractivity contribution >= 4 is 28.8 Å². The predicted octanol–water partition coefficient (Wildman–Crippen LogP) is 2.28. The molecule has 0 aromatic heterocycles. The maximum Gasteiger partial charge on any atom is 0.312 e. The normalized spacial score (nSPS) is 10.1. The van der Waals surface area contributed by atoms with E-state index < -0.39 is 11.9 Å². The Morgan fingerprint density at radius 2 is 1.85 bits per heavy atom. The van der Waals surface area contributed by atoms with Crippen molar-refractivity contribution in [1.29, 1.82) is 0 Å². The monoisotopic (exact) mass is 296 g/mol. The molecule has 0 radical (unpaired) electrons. The number of carboxylic acid groups (broad SMARTS) is 1. The molecule has 6 heteroatoms. The van der Waals surface area contributed by atoms with Crippen LogP contribution >= 0.6 is 11.8 Å². The summed E-state index contributed by atoms with van der Waals surface area (Å²) in [5.41, 5.74) is 0.640. The third kappa shape index (κ3) is 6.38. The van der Waals surface area contributed by atoms with Gasteiger partial charge in [0.2, 0.25) is 0 Å². The summed E-state index contributed by atoms with van der Waals surface area (Å²) in [4.78, 5) is 33.1. The van der Waals surface area contributed by atoms with E-state index >= 15 is 0 Å². The van der Waals surface area contributed by atoms with Crippen LogP contribution in [0.15, 0.2) is 24.3 Å². The van der Waals surface area contributed by atoms with E-state index in [1.54, 1.807) is 31.2 Å². The maximum atomic E-state index is 11.5. The van der Waals surface area contributed by atoms with Crippen molar-refractivity contribution in [3.8, 4) is 5.75 Å². The fraction of sp³-hybridized carbons (Fsp3) is 0.357. The van der Waals surface area contributed by atoms with Gasteiger partial charge in [-0.25, -0.2) is 0 Å². The van der Waals surface area contributed by atoms with E-state index in [-0.39, 0.29) is 18.0 Å². The molecule has 0 spiro atoms. The van der Waals surface area contributed by atoms with E-state index in [2.05, 4.69) is 0 Å². The molecule has 1 aromatic carbocycles. The van der Waals surface area contributed by atoms with Gasteiger partial charge >= 0.3 is 11.9 Å². The van der Waals surface area contributed by atoms with Crippen LogP contribution in [0.2, 0.25) is 0 Å². The summed E-state index contributed by atoms with van der Waals surface area (Å²) in [5, 5.41) is 8.68. The summed E-state index contributed by atoms with van der Waals surface area (Å²) in [6, 6.07) is 6.32. The first-order chi connectivity index (χ1) is 9.51. The van der Waals surface area contributed by atoms with Crippen LogP contribution in [0.4, 0.5) is 0 Å². The molecular weight excluding hydrogens is 280 g/mol. The molecular formula is C14H16O5S. The highest BCUT2D eigenvalue weighted by Crippen LogP contribution is 2.14. The first-order valence-corrected chi connectivity index (χ1v) is 7.17. The minimum atomic E-state index is -0.910. The van der Waals surface area contributed by atoms with E-state index in [0.717, 1.165) is 11.8 Å². The lowest BCUT2D eigenvalue weighted by Gasteiger charge is -2.04. The van der Waals surface area contributed by atoms with Crippen molar-refractivity contribution < 1.29 is 24.2 Å². The average molecular weight is 296 g/mol. The largest absolute Gasteiger partial charge is 0.481 e. The van der Waals surface area contributed by atoms with Crippen LogP contribution in [0.1, 0.15) is 25.3 Å². The molecule has 1 N–H and O–H groups in total. The Labute approximate surface area is 121 Å². The number of carboxylic acids is 1. The van der Waals surface area contributed by atoms with Crippen LogP contribution in [-0.2, 0) is 20.8 Å². The van der Waals surface area contributed by atoms with Gasteiger partial charge < -0.3 is 9.84 Å². The Kier molecular flexibility index (Phi) is 6.79. The number of rotatable bonds is 7. The molecule has 1 rings (SSSR count). The van der Waals surface area contributed by atoms with E-state index in [1.165, 1.54) is 0 Å². The van der Waals surface area contributed by atoms with Crippen molar-refractivity contribution in [3.63, 3.8) is 0 Å². The van der Waals surface area contributed by atoms with Crippen LogP contribution in [0, 0.1) is 0 Å². The molecule has 0 aliphatic heterocycles. The zero-order chi connectivity index (χ0) is 15.0. The van der Waals surface area contributed by atoms with Crippen LogP contribution in [0.3, 0.4) is 0 Å². The molecule has 20 heavy (non-hydrogen) atoms. The van der Waals surface area contributed by atoms with Crippen LogP contribution in [-0.4, -0.2) is 27.9 Å². The van der Waals surface area contributed by atoms with Gasteiger partial charge in [-0.05, 0) is 17.7 Å². The molecule has 0 fully saturated rings. The summed E-state index contributed by atoms with van der Waals surface area (Å²) < 4.78 is 5.08. The highest BCUT2D eigenvalue weighted by atomic mass is 32.2. The molecule has 0 bridgehead atoms. The Morgan fingerprint density at radius 3 is 2.40 bits per heavy atom. The Hall–Kier alpha value is -1.82. The third-order valence-electron chi connectivity index (χ3n) is 2.37. The van der Waals surface area contributed by atoms with Crippen molar-refractivity contribution in [2.24, 2.45) is 0 Å². The van der Waals surface area contributed by atoms with Gasteiger partial charge in [0.15, 0.2) is 5.12 Å². The molecule has 1 aromatic rings. The highest BCUT2D eigenvalue weighted by Gasteiger charge is 2.07. The number of carbonyl (C=O) groups excluding carboxylic acids is 2. The summed E-state index contributed by atoms with van der Waals surface area (Å²) in [5.74, 6) is -0.543. The molecule has 0 saturated heterocycles. The number of hydrogen-bond donors (Lipinski definition) is 1. The fourth-order valence-corrected chi connectivity index (χ4v) is 2.08. The van der Waals surface area contributed by atoms with Gasteiger partial charge in [-0.15, -0.1) is 0 Å². The Bertz CT molecular complexity index is 481. The number of benzene rings is 1. The first-order valence-electron chi connectivity index (χ1n) is 6.18. The van der Waals surface area contributed by atoms with Gasteiger partial charge in [0.1, 0.15) is 5.75 Å². The SMILES string of the molecule is CCC(=O)SCCC(=O)Oc1ccc(CC(=O)O)cc1. The second-order valence-corrected chi connectivity index (χ2v) is 5.16. The quantitative estimate of drug-likeness (QED) is 0.614. The number of hydrogen-bond acceptors (Lipinski definition) is 5. The molecule has 0 saturated carbocycles. The van der Waals surface area contributed by atoms with Gasteiger partial charge in [-0.3, -0.25) is 14.4 Å².